The van der Waals surface area contributed by atoms with E-state index in [0.29, 0.717) is 17.2 Å². The third-order valence-electron chi connectivity index (χ3n) is 3.60. The van der Waals surface area contributed by atoms with E-state index in [1.807, 2.05) is 0 Å². The molecule has 1 amide bonds. The van der Waals surface area contributed by atoms with Crippen LogP contribution in [0.1, 0.15) is 23.7 Å². The van der Waals surface area contributed by atoms with Crippen molar-refractivity contribution in [2.75, 3.05) is 31.2 Å². The third kappa shape index (κ3) is 3.17. The van der Waals surface area contributed by atoms with E-state index >= 15 is 0 Å². The molecule has 1 aliphatic rings. The number of nitrogens with two attached hydrogens (primary N) is 1. The van der Waals surface area contributed by atoms with Crippen LogP contribution in [0.3, 0.4) is 0 Å². The van der Waals surface area contributed by atoms with Gasteiger partial charge in [-0.25, -0.2) is 0 Å². The average molecular weight is 263 g/mol. The molecule has 1 heterocycles. The van der Waals surface area contributed by atoms with Crippen LogP contribution in [-0.2, 0) is 4.74 Å². The Balaban J connectivity index is 2.09. The van der Waals surface area contributed by atoms with Crippen LogP contribution in [0.4, 0.5) is 11.4 Å². The van der Waals surface area contributed by atoms with Crippen LogP contribution >= 0.6 is 0 Å². The van der Waals surface area contributed by atoms with Gasteiger partial charge in [-0.05, 0) is 31.5 Å². The molecular formula is C14H21N3O2. The van der Waals surface area contributed by atoms with Gasteiger partial charge in [-0.3, -0.25) is 4.79 Å². The van der Waals surface area contributed by atoms with Crippen molar-refractivity contribution >= 4 is 17.3 Å². The Kier molecular flexibility index (Phi) is 4.27. The number of carbonyl (C=O) groups is 1. The molecule has 0 aromatic heterocycles. The van der Waals surface area contributed by atoms with Gasteiger partial charge in [-0.1, -0.05) is 0 Å². The van der Waals surface area contributed by atoms with Gasteiger partial charge in [0.25, 0.3) is 5.91 Å². The molecule has 1 fully saturated rings. The van der Waals surface area contributed by atoms with Gasteiger partial charge in [0.2, 0.25) is 0 Å². The molecule has 1 aromatic carbocycles. The minimum absolute atomic E-state index is 0.113. The molecule has 5 heteroatoms. The molecule has 19 heavy (non-hydrogen) atoms. The van der Waals surface area contributed by atoms with Crippen LogP contribution in [0, 0.1) is 5.92 Å². The minimum Gasteiger partial charge on any atom is -0.399 e. The smallest absolute Gasteiger partial charge is 0.253 e. The van der Waals surface area contributed by atoms with Crippen molar-refractivity contribution in [2.45, 2.75) is 19.4 Å². The van der Waals surface area contributed by atoms with Crippen molar-refractivity contribution in [1.82, 2.24) is 5.32 Å². The molecule has 2 atom stereocenters. The zero-order chi connectivity index (χ0) is 13.8. The highest BCUT2D eigenvalue weighted by Crippen LogP contribution is 2.24. The van der Waals surface area contributed by atoms with Crippen LogP contribution in [0.2, 0.25) is 0 Å². The Bertz CT molecular complexity index is 462. The fourth-order valence-electron chi connectivity index (χ4n) is 2.33. The predicted molar refractivity (Wildman–Crippen MR) is 76.3 cm³/mol. The lowest BCUT2D eigenvalue weighted by Crippen LogP contribution is -2.24. The third-order valence-corrected chi connectivity index (χ3v) is 3.60. The lowest BCUT2D eigenvalue weighted by molar-refractivity contribution is 0.0964. The second-order valence-electron chi connectivity index (χ2n) is 4.89. The van der Waals surface area contributed by atoms with E-state index in [1.165, 1.54) is 0 Å². The molecule has 104 valence electrons. The summed E-state index contributed by atoms with van der Waals surface area (Å²) in [5, 5.41) is 5.95. The Labute approximate surface area is 113 Å². The number of nitrogens with one attached hydrogen (secondary N) is 2. The lowest BCUT2D eigenvalue weighted by atomic mass is 10.0. The van der Waals surface area contributed by atoms with E-state index in [9.17, 15) is 4.79 Å². The van der Waals surface area contributed by atoms with Gasteiger partial charge in [0.05, 0.1) is 11.7 Å². The van der Waals surface area contributed by atoms with Crippen LogP contribution in [0.15, 0.2) is 18.2 Å². The molecule has 2 rings (SSSR count). The summed E-state index contributed by atoms with van der Waals surface area (Å²) in [4.78, 5) is 11.8. The number of ether oxygens (including phenoxy) is 1. The lowest BCUT2D eigenvalue weighted by Gasteiger charge is -2.17. The number of benzene rings is 1. The first kappa shape index (κ1) is 13.7. The fourth-order valence-corrected chi connectivity index (χ4v) is 2.33. The molecular weight excluding hydrogens is 242 g/mol. The maximum absolute atomic E-state index is 11.8. The molecule has 1 saturated heterocycles. The molecule has 5 nitrogen and oxygen atoms in total. The van der Waals surface area contributed by atoms with Crippen LogP contribution in [0.25, 0.3) is 0 Å². The van der Waals surface area contributed by atoms with E-state index in [-0.39, 0.29) is 12.0 Å². The second-order valence-corrected chi connectivity index (χ2v) is 4.89. The summed E-state index contributed by atoms with van der Waals surface area (Å²) in [7, 11) is 1.62. The first-order chi connectivity index (χ1) is 9.11. The number of amides is 1. The van der Waals surface area contributed by atoms with Crippen molar-refractivity contribution in [1.29, 1.82) is 0 Å². The molecule has 0 bridgehead atoms. The predicted octanol–water partition coefficient (Wildman–Crippen LogP) is 1.47. The SMILES string of the molecule is CNC(=O)c1ccc(N)cc1NCC1CCOC1C. The first-order valence-corrected chi connectivity index (χ1v) is 6.59. The van der Waals surface area contributed by atoms with E-state index < -0.39 is 0 Å². The van der Waals surface area contributed by atoms with E-state index in [4.69, 9.17) is 10.5 Å². The quantitative estimate of drug-likeness (QED) is 0.719. The van der Waals surface area contributed by atoms with Crippen molar-refractivity contribution in [3.8, 4) is 0 Å². The number of nitrogen functional groups attached to an aromatic ring is 1. The van der Waals surface area contributed by atoms with Gasteiger partial charge in [0, 0.05) is 37.5 Å². The van der Waals surface area contributed by atoms with Gasteiger partial charge >= 0.3 is 0 Å². The zero-order valence-electron chi connectivity index (χ0n) is 11.4. The average Bonchev–Trinajstić information content (AvgIpc) is 2.81. The minimum atomic E-state index is -0.113. The van der Waals surface area contributed by atoms with Crippen molar-refractivity contribution in [3.63, 3.8) is 0 Å². The normalized spacial score (nSPS) is 22.2. The van der Waals surface area contributed by atoms with Crippen molar-refractivity contribution in [3.05, 3.63) is 23.8 Å². The van der Waals surface area contributed by atoms with Gasteiger partial charge in [0.1, 0.15) is 0 Å². The zero-order valence-corrected chi connectivity index (χ0v) is 11.4. The van der Waals surface area contributed by atoms with Crippen molar-refractivity contribution in [2.24, 2.45) is 5.92 Å². The van der Waals surface area contributed by atoms with Crippen molar-refractivity contribution < 1.29 is 9.53 Å². The largest absolute Gasteiger partial charge is 0.399 e. The Morgan fingerprint density at radius 3 is 2.95 bits per heavy atom. The maximum atomic E-state index is 11.8. The maximum Gasteiger partial charge on any atom is 0.253 e. The molecule has 0 aliphatic carbocycles. The summed E-state index contributed by atoms with van der Waals surface area (Å²) in [5.41, 5.74) is 7.82. The summed E-state index contributed by atoms with van der Waals surface area (Å²) in [6, 6.07) is 5.27. The highest BCUT2D eigenvalue weighted by molar-refractivity contribution is 6.00. The summed E-state index contributed by atoms with van der Waals surface area (Å²) < 4.78 is 5.53. The second kappa shape index (κ2) is 5.93. The molecule has 0 spiro atoms. The van der Waals surface area contributed by atoms with Crippen LogP contribution < -0.4 is 16.4 Å². The molecule has 4 N–H and O–H groups in total. The molecule has 0 radical (unpaired) electrons. The molecule has 2 unspecified atom stereocenters. The molecule has 1 aliphatic heterocycles. The number of carbonyl (C=O) groups excluding carboxylic acids is 1. The summed E-state index contributed by atoms with van der Waals surface area (Å²) >= 11 is 0. The molecule has 1 aromatic rings. The topological polar surface area (TPSA) is 76.4 Å². The van der Waals surface area contributed by atoms with E-state index in [1.54, 1.807) is 25.2 Å². The monoisotopic (exact) mass is 263 g/mol. The highest BCUT2D eigenvalue weighted by atomic mass is 16.5. The Morgan fingerprint density at radius 1 is 1.53 bits per heavy atom. The number of hydrogen-bond acceptors (Lipinski definition) is 4. The number of rotatable bonds is 4. The Morgan fingerprint density at radius 2 is 2.32 bits per heavy atom. The van der Waals surface area contributed by atoms with Gasteiger partial charge in [-0.2, -0.15) is 0 Å². The van der Waals surface area contributed by atoms with Crippen LogP contribution in [0.5, 0.6) is 0 Å². The highest BCUT2D eigenvalue weighted by Gasteiger charge is 2.24. The van der Waals surface area contributed by atoms with Gasteiger partial charge in [0.15, 0.2) is 0 Å². The summed E-state index contributed by atoms with van der Waals surface area (Å²) in [6.45, 7) is 3.68. The summed E-state index contributed by atoms with van der Waals surface area (Å²) in [5.74, 6) is 0.359. The number of anilines is 2. The fraction of sp³-hybridized carbons (Fsp3) is 0.500. The van der Waals surface area contributed by atoms with Gasteiger partial charge in [-0.15, -0.1) is 0 Å². The molecule has 0 saturated carbocycles. The van der Waals surface area contributed by atoms with Crippen LogP contribution in [-0.4, -0.2) is 32.2 Å². The van der Waals surface area contributed by atoms with E-state index in [0.717, 1.165) is 25.3 Å². The Hall–Kier alpha value is -1.75. The summed E-state index contributed by atoms with van der Waals surface area (Å²) in [6.07, 6.45) is 1.31. The number of hydrogen-bond donors (Lipinski definition) is 3. The van der Waals surface area contributed by atoms with Gasteiger partial charge < -0.3 is 21.1 Å². The van der Waals surface area contributed by atoms with E-state index in [2.05, 4.69) is 17.6 Å². The first-order valence-electron chi connectivity index (χ1n) is 6.59. The standard InChI is InChI=1S/C14H21N3O2/c1-9-10(5-6-19-9)8-17-13-7-11(15)3-4-12(13)14(18)16-2/h3-4,7,9-10,17H,5-6,8,15H2,1-2H3,(H,16,18).